The summed E-state index contributed by atoms with van der Waals surface area (Å²) in [6.07, 6.45) is 7.04. The van der Waals surface area contributed by atoms with Gasteiger partial charge in [0.1, 0.15) is 12.2 Å². The Hall–Kier alpha value is -1.90. The molecule has 0 N–H and O–H groups in total. The van der Waals surface area contributed by atoms with E-state index in [1.807, 2.05) is 4.68 Å². The second kappa shape index (κ2) is 6.32. The van der Waals surface area contributed by atoms with E-state index >= 15 is 0 Å². The van der Waals surface area contributed by atoms with Crippen molar-refractivity contribution in [1.29, 1.82) is 0 Å². The lowest BCUT2D eigenvalue weighted by molar-refractivity contribution is 0.812. The Morgan fingerprint density at radius 2 is 2.00 bits per heavy atom. The van der Waals surface area contributed by atoms with Crippen molar-refractivity contribution < 1.29 is 0 Å². The molecule has 0 saturated heterocycles. The van der Waals surface area contributed by atoms with Gasteiger partial charge in [-0.3, -0.25) is 0 Å². The first-order valence-corrected chi connectivity index (χ1v) is 6.82. The maximum atomic E-state index is 4.35. The number of nitrogens with zero attached hydrogens (tertiary/aromatic N) is 3. The molecule has 0 amide bonds. The van der Waals surface area contributed by atoms with Crippen molar-refractivity contribution in [2.75, 3.05) is 0 Å². The summed E-state index contributed by atoms with van der Waals surface area (Å²) in [5.41, 5.74) is 3.74. The van der Waals surface area contributed by atoms with E-state index < -0.39 is 0 Å². The zero-order valence-electron chi connectivity index (χ0n) is 11.9. The zero-order valence-corrected chi connectivity index (χ0v) is 11.9. The van der Waals surface area contributed by atoms with Crippen molar-refractivity contribution in [3.8, 4) is 5.69 Å². The Morgan fingerprint density at radius 1 is 1.26 bits per heavy atom. The summed E-state index contributed by atoms with van der Waals surface area (Å²) < 4.78 is 1.91. The minimum atomic E-state index is 0.833. The van der Waals surface area contributed by atoms with Crippen LogP contribution >= 0.6 is 0 Å². The van der Waals surface area contributed by atoms with Gasteiger partial charge in [0, 0.05) is 6.42 Å². The smallest absolute Gasteiger partial charge is 0.138 e. The molecule has 19 heavy (non-hydrogen) atoms. The van der Waals surface area contributed by atoms with Crippen LogP contribution in [0.1, 0.15) is 38.1 Å². The van der Waals surface area contributed by atoms with E-state index in [0.29, 0.717) is 0 Å². The Morgan fingerprint density at radius 3 is 2.68 bits per heavy atom. The van der Waals surface area contributed by atoms with Gasteiger partial charge in [-0.25, -0.2) is 9.67 Å². The van der Waals surface area contributed by atoms with E-state index in [-0.39, 0.29) is 0 Å². The number of aromatic nitrogens is 3. The molecule has 0 aliphatic carbocycles. The lowest BCUT2D eigenvalue weighted by atomic mass is 10.1. The molecule has 1 aromatic heterocycles. The normalized spacial score (nSPS) is 11.8. The van der Waals surface area contributed by atoms with E-state index in [0.717, 1.165) is 24.4 Å². The molecule has 0 aliphatic rings. The van der Waals surface area contributed by atoms with Gasteiger partial charge in [0.15, 0.2) is 0 Å². The molecule has 2 aromatic rings. The molecule has 0 fully saturated rings. The summed E-state index contributed by atoms with van der Waals surface area (Å²) in [6.45, 7) is 6.46. The molecule has 3 heteroatoms. The topological polar surface area (TPSA) is 30.7 Å². The predicted octanol–water partition coefficient (Wildman–Crippen LogP) is 3.86. The molecule has 0 spiro atoms. The highest BCUT2D eigenvalue weighted by Gasteiger charge is 2.05. The summed E-state index contributed by atoms with van der Waals surface area (Å²) in [4.78, 5) is 4.35. The van der Waals surface area contributed by atoms with Crippen LogP contribution in [0.3, 0.4) is 0 Å². The first-order chi connectivity index (χ1) is 9.20. The fraction of sp³-hybridized carbons (Fsp3) is 0.375. The minimum absolute atomic E-state index is 0.833. The number of aryl methyl sites for hydroxylation is 1. The van der Waals surface area contributed by atoms with Crippen molar-refractivity contribution in [2.24, 2.45) is 0 Å². The van der Waals surface area contributed by atoms with E-state index in [4.69, 9.17) is 0 Å². The second-order valence-corrected chi connectivity index (χ2v) is 4.93. The van der Waals surface area contributed by atoms with Gasteiger partial charge in [-0.2, -0.15) is 5.10 Å². The molecule has 0 aliphatic heterocycles. The van der Waals surface area contributed by atoms with Crippen molar-refractivity contribution in [3.63, 3.8) is 0 Å². The van der Waals surface area contributed by atoms with Crippen molar-refractivity contribution >= 4 is 0 Å². The highest BCUT2D eigenvalue weighted by Crippen LogP contribution is 2.12. The lowest BCUT2D eigenvalue weighted by Gasteiger charge is -2.05. The molecule has 0 atom stereocenters. The first kappa shape index (κ1) is 13.5. The average Bonchev–Trinajstić information content (AvgIpc) is 2.86. The SMILES string of the molecule is CCCC(C)=CCc1ncnn1-c1ccc(C)cc1. The average molecular weight is 255 g/mol. The largest absolute Gasteiger partial charge is 0.219 e. The predicted molar refractivity (Wildman–Crippen MR) is 78.5 cm³/mol. The highest BCUT2D eigenvalue weighted by atomic mass is 15.3. The molecule has 100 valence electrons. The van der Waals surface area contributed by atoms with Gasteiger partial charge in [0.05, 0.1) is 5.69 Å². The maximum Gasteiger partial charge on any atom is 0.138 e. The van der Waals surface area contributed by atoms with Gasteiger partial charge in [0.25, 0.3) is 0 Å². The molecule has 0 saturated carbocycles. The van der Waals surface area contributed by atoms with Crippen LogP contribution in [-0.4, -0.2) is 14.8 Å². The second-order valence-electron chi connectivity index (χ2n) is 4.93. The number of benzene rings is 1. The summed E-state index contributed by atoms with van der Waals surface area (Å²) in [6, 6.07) is 8.35. The van der Waals surface area contributed by atoms with Gasteiger partial charge >= 0.3 is 0 Å². The van der Waals surface area contributed by atoms with Gasteiger partial charge < -0.3 is 0 Å². The quantitative estimate of drug-likeness (QED) is 0.759. The van der Waals surface area contributed by atoms with E-state index in [1.165, 1.54) is 17.6 Å². The molecule has 3 nitrogen and oxygen atoms in total. The third-order valence-electron chi connectivity index (χ3n) is 3.17. The first-order valence-electron chi connectivity index (χ1n) is 6.82. The minimum Gasteiger partial charge on any atom is -0.219 e. The Kier molecular flexibility index (Phi) is 4.50. The van der Waals surface area contributed by atoms with Crippen molar-refractivity contribution in [1.82, 2.24) is 14.8 Å². The molecular weight excluding hydrogens is 234 g/mol. The number of hydrogen-bond acceptors (Lipinski definition) is 2. The lowest BCUT2D eigenvalue weighted by Crippen LogP contribution is -2.02. The number of hydrogen-bond donors (Lipinski definition) is 0. The Bertz CT molecular complexity index is 550. The third kappa shape index (κ3) is 3.53. The van der Waals surface area contributed by atoms with Crippen LogP contribution in [0.4, 0.5) is 0 Å². The molecule has 0 bridgehead atoms. The Labute approximate surface area is 115 Å². The summed E-state index contributed by atoms with van der Waals surface area (Å²) in [5, 5.41) is 4.32. The van der Waals surface area contributed by atoms with Gasteiger partial charge in [-0.15, -0.1) is 0 Å². The molecule has 1 heterocycles. The molecular formula is C16H21N3. The van der Waals surface area contributed by atoms with Crippen LogP contribution in [0.25, 0.3) is 5.69 Å². The molecule has 2 rings (SSSR count). The van der Waals surface area contributed by atoms with Crippen LogP contribution in [0.5, 0.6) is 0 Å². The third-order valence-corrected chi connectivity index (χ3v) is 3.17. The summed E-state index contributed by atoms with van der Waals surface area (Å²) in [7, 11) is 0. The van der Waals surface area contributed by atoms with E-state index in [9.17, 15) is 0 Å². The summed E-state index contributed by atoms with van der Waals surface area (Å²) >= 11 is 0. The van der Waals surface area contributed by atoms with Gasteiger partial charge in [-0.1, -0.05) is 42.7 Å². The fourth-order valence-corrected chi connectivity index (χ4v) is 2.07. The van der Waals surface area contributed by atoms with E-state index in [2.05, 4.69) is 61.2 Å². The number of allylic oxidation sites excluding steroid dienone is 2. The Balaban J connectivity index is 2.18. The fourth-order valence-electron chi connectivity index (χ4n) is 2.07. The maximum absolute atomic E-state index is 4.35. The highest BCUT2D eigenvalue weighted by molar-refractivity contribution is 5.34. The van der Waals surface area contributed by atoms with Crippen molar-refractivity contribution in [2.45, 2.75) is 40.0 Å². The standard InChI is InChI=1S/C16H21N3/c1-4-5-13(2)8-11-16-17-12-18-19(16)15-9-6-14(3)7-10-15/h6-10,12H,4-5,11H2,1-3H3. The van der Waals surface area contributed by atoms with Crippen molar-refractivity contribution in [3.05, 3.63) is 53.6 Å². The van der Waals surface area contributed by atoms with Crippen LogP contribution < -0.4 is 0 Å². The molecule has 0 radical (unpaired) electrons. The monoisotopic (exact) mass is 255 g/mol. The zero-order chi connectivity index (χ0) is 13.7. The molecule has 1 aromatic carbocycles. The van der Waals surface area contributed by atoms with Gasteiger partial charge in [-0.05, 0) is 32.4 Å². The van der Waals surface area contributed by atoms with Crippen LogP contribution in [0.15, 0.2) is 42.2 Å². The summed E-state index contributed by atoms with van der Waals surface area (Å²) in [5.74, 6) is 0.985. The van der Waals surface area contributed by atoms with Gasteiger partial charge in [0.2, 0.25) is 0 Å². The van der Waals surface area contributed by atoms with Crippen LogP contribution in [-0.2, 0) is 6.42 Å². The van der Waals surface area contributed by atoms with Crippen LogP contribution in [0, 0.1) is 6.92 Å². The van der Waals surface area contributed by atoms with Crippen LogP contribution in [0.2, 0.25) is 0 Å². The molecule has 0 unspecified atom stereocenters. The number of rotatable bonds is 5. The van der Waals surface area contributed by atoms with E-state index in [1.54, 1.807) is 6.33 Å².